The zero-order valence-corrected chi connectivity index (χ0v) is 17.7. The Morgan fingerprint density at radius 2 is 1.56 bits per heavy atom. The zero-order valence-electron chi connectivity index (χ0n) is 17.7. The number of carbonyl (C=O) groups is 2. The van der Waals surface area contributed by atoms with Crippen LogP contribution in [0.5, 0.6) is 11.5 Å². The number of hydrogen-bond acceptors (Lipinski definition) is 6. The number of benzene rings is 2. The molecule has 1 amide bonds. The van der Waals surface area contributed by atoms with Gasteiger partial charge in [0, 0.05) is 11.8 Å². The Bertz CT molecular complexity index is 1160. The first-order valence-electron chi connectivity index (χ1n) is 10.00. The number of carbonyl (C=O) groups excluding carboxylic acids is 2. The standard InChI is InChI=1S/C25H22N2O5/c1-31-19-10-6-16(7-11-19)22-21(23(28)17-8-12-20(32-2)13-9-17)24(29)25(30)27(22)15-18-5-3-4-14-26-18/h3-14,22,28H,15H2,1-2H3/b23-21+. The fourth-order valence-electron chi connectivity index (χ4n) is 3.75. The lowest BCUT2D eigenvalue weighted by Gasteiger charge is -2.25. The summed E-state index contributed by atoms with van der Waals surface area (Å²) >= 11 is 0. The van der Waals surface area contributed by atoms with Crippen LogP contribution in [0.4, 0.5) is 0 Å². The van der Waals surface area contributed by atoms with E-state index in [0.717, 1.165) is 0 Å². The number of aromatic nitrogens is 1. The highest BCUT2D eigenvalue weighted by Crippen LogP contribution is 2.40. The van der Waals surface area contributed by atoms with Crippen LogP contribution in [0.3, 0.4) is 0 Å². The molecule has 0 aliphatic carbocycles. The number of likely N-dealkylation sites (tertiary alicyclic amines) is 1. The molecule has 1 N–H and O–H groups in total. The first kappa shape index (κ1) is 21.1. The summed E-state index contributed by atoms with van der Waals surface area (Å²) < 4.78 is 10.4. The van der Waals surface area contributed by atoms with Crippen molar-refractivity contribution in [3.05, 3.63) is 95.3 Å². The van der Waals surface area contributed by atoms with Gasteiger partial charge < -0.3 is 19.5 Å². The number of rotatable bonds is 6. The quantitative estimate of drug-likeness (QED) is 0.364. The van der Waals surface area contributed by atoms with E-state index in [0.29, 0.717) is 28.3 Å². The van der Waals surface area contributed by atoms with E-state index in [1.54, 1.807) is 81.1 Å². The maximum absolute atomic E-state index is 13.1. The van der Waals surface area contributed by atoms with Crippen molar-refractivity contribution in [3.8, 4) is 11.5 Å². The Morgan fingerprint density at radius 1 is 0.938 bits per heavy atom. The minimum atomic E-state index is -0.773. The molecule has 1 aromatic heterocycles. The number of pyridine rings is 1. The third kappa shape index (κ3) is 3.92. The Kier molecular flexibility index (Phi) is 5.89. The summed E-state index contributed by atoms with van der Waals surface area (Å²) in [6, 6.07) is 18.3. The summed E-state index contributed by atoms with van der Waals surface area (Å²) in [7, 11) is 3.10. The van der Waals surface area contributed by atoms with Crippen LogP contribution in [0, 0.1) is 0 Å². The number of amides is 1. The van der Waals surface area contributed by atoms with Crippen molar-refractivity contribution in [1.82, 2.24) is 9.88 Å². The highest BCUT2D eigenvalue weighted by Gasteiger charge is 2.46. The van der Waals surface area contributed by atoms with Gasteiger partial charge in [0.1, 0.15) is 17.3 Å². The van der Waals surface area contributed by atoms with Gasteiger partial charge in [-0.15, -0.1) is 0 Å². The average molecular weight is 430 g/mol. The van der Waals surface area contributed by atoms with Crippen LogP contribution in [-0.4, -0.2) is 40.9 Å². The number of ketones is 1. The summed E-state index contributed by atoms with van der Waals surface area (Å²) in [6.07, 6.45) is 1.63. The van der Waals surface area contributed by atoms with Crippen molar-refractivity contribution in [2.45, 2.75) is 12.6 Å². The van der Waals surface area contributed by atoms with Gasteiger partial charge in [-0.05, 0) is 54.1 Å². The van der Waals surface area contributed by atoms with E-state index in [2.05, 4.69) is 4.98 Å². The number of hydrogen-bond donors (Lipinski definition) is 1. The molecule has 1 fully saturated rings. The van der Waals surface area contributed by atoms with E-state index < -0.39 is 17.7 Å². The van der Waals surface area contributed by atoms with Crippen LogP contribution in [-0.2, 0) is 16.1 Å². The number of methoxy groups -OCH3 is 2. The van der Waals surface area contributed by atoms with E-state index in [9.17, 15) is 14.7 Å². The molecule has 7 heteroatoms. The second kappa shape index (κ2) is 8.93. The third-order valence-corrected chi connectivity index (χ3v) is 5.39. The van der Waals surface area contributed by atoms with Gasteiger partial charge in [0.2, 0.25) is 0 Å². The van der Waals surface area contributed by atoms with Crippen LogP contribution < -0.4 is 9.47 Å². The summed E-state index contributed by atoms with van der Waals surface area (Å²) in [5, 5.41) is 11.1. The van der Waals surface area contributed by atoms with Gasteiger partial charge in [-0.2, -0.15) is 0 Å². The third-order valence-electron chi connectivity index (χ3n) is 5.39. The van der Waals surface area contributed by atoms with Crippen LogP contribution in [0.1, 0.15) is 22.9 Å². The van der Waals surface area contributed by atoms with E-state index in [1.165, 1.54) is 4.90 Å². The van der Waals surface area contributed by atoms with Gasteiger partial charge >= 0.3 is 0 Å². The lowest BCUT2D eigenvalue weighted by atomic mass is 9.95. The molecular formula is C25H22N2O5. The largest absolute Gasteiger partial charge is 0.507 e. The minimum Gasteiger partial charge on any atom is -0.507 e. The maximum Gasteiger partial charge on any atom is 0.296 e. The minimum absolute atomic E-state index is 0.0289. The van der Waals surface area contributed by atoms with Crippen molar-refractivity contribution < 1.29 is 24.2 Å². The van der Waals surface area contributed by atoms with Crippen molar-refractivity contribution in [3.63, 3.8) is 0 Å². The van der Waals surface area contributed by atoms with E-state index >= 15 is 0 Å². The molecule has 162 valence electrons. The molecule has 0 saturated carbocycles. The first-order valence-corrected chi connectivity index (χ1v) is 10.00. The van der Waals surface area contributed by atoms with E-state index in [1.807, 2.05) is 6.07 Å². The van der Waals surface area contributed by atoms with Crippen molar-refractivity contribution in [2.75, 3.05) is 14.2 Å². The summed E-state index contributed by atoms with van der Waals surface area (Å²) in [6.45, 7) is 0.126. The molecule has 32 heavy (non-hydrogen) atoms. The topological polar surface area (TPSA) is 89.0 Å². The lowest BCUT2D eigenvalue weighted by molar-refractivity contribution is -0.140. The zero-order chi connectivity index (χ0) is 22.7. The summed E-state index contributed by atoms with van der Waals surface area (Å²) in [5.74, 6) is -0.411. The highest BCUT2D eigenvalue weighted by atomic mass is 16.5. The lowest BCUT2D eigenvalue weighted by Crippen LogP contribution is -2.29. The van der Waals surface area contributed by atoms with Gasteiger partial charge in [0.15, 0.2) is 0 Å². The molecule has 1 aliphatic heterocycles. The molecule has 2 heterocycles. The van der Waals surface area contributed by atoms with Crippen LogP contribution in [0.2, 0.25) is 0 Å². The number of Topliss-reactive ketones (excluding diaryl/α,β-unsaturated/α-hetero) is 1. The van der Waals surface area contributed by atoms with Crippen molar-refractivity contribution in [1.29, 1.82) is 0 Å². The normalized spacial score (nSPS) is 17.4. The van der Waals surface area contributed by atoms with Crippen LogP contribution >= 0.6 is 0 Å². The second-order valence-electron chi connectivity index (χ2n) is 7.25. The monoisotopic (exact) mass is 430 g/mol. The highest BCUT2D eigenvalue weighted by molar-refractivity contribution is 6.46. The fourth-order valence-corrected chi connectivity index (χ4v) is 3.75. The van der Waals surface area contributed by atoms with Gasteiger partial charge in [0.25, 0.3) is 11.7 Å². The van der Waals surface area contributed by atoms with E-state index in [-0.39, 0.29) is 17.9 Å². The molecule has 0 bridgehead atoms. The average Bonchev–Trinajstić information content (AvgIpc) is 3.09. The number of aliphatic hydroxyl groups is 1. The van der Waals surface area contributed by atoms with Gasteiger partial charge in [-0.3, -0.25) is 14.6 Å². The van der Waals surface area contributed by atoms with Crippen molar-refractivity contribution in [2.24, 2.45) is 0 Å². The molecule has 3 aromatic rings. The SMILES string of the molecule is COc1ccc(/C(O)=C2\C(=O)C(=O)N(Cc3ccccn3)C2c2ccc(OC)cc2)cc1. The van der Waals surface area contributed by atoms with Gasteiger partial charge in [-0.1, -0.05) is 18.2 Å². The predicted octanol–water partition coefficient (Wildman–Crippen LogP) is 3.72. The van der Waals surface area contributed by atoms with Crippen LogP contribution in [0.15, 0.2) is 78.5 Å². The smallest absolute Gasteiger partial charge is 0.296 e. The molecule has 2 aromatic carbocycles. The number of ether oxygens (including phenoxy) is 2. The first-order chi connectivity index (χ1) is 15.5. The summed E-state index contributed by atoms with van der Waals surface area (Å²) in [4.78, 5) is 31.8. The molecule has 0 radical (unpaired) electrons. The van der Waals surface area contributed by atoms with Gasteiger partial charge in [-0.25, -0.2) is 0 Å². The predicted molar refractivity (Wildman–Crippen MR) is 118 cm³/mol. The Hall–Kier alpha value is -4.13. The molecule has 1 atom stereocenters. The Balaban J connectivity index is 1.83. The molecule has 4 rings (SSSR count). The fraction of sp³-hybridized carbons (Fsp3) is 0.160. The molecular weight excluding hydrogens is 408 g/mol. The molecule has 1 aliphatic rings. The number of aliphatic hydroxyl groups excluding tert-OH is 1. The van der Waals surface area contributed by atoms with E-state index in [4.69, 9.17) is 9.47 Å². The van der Waals surface area contributed by atoms with Crippen LogP contribution in [0.25, 0.3) is 5.76 Å². The summed E-state index contributed by atoms with van der Waals surface area (Å²) in [5.41, 5.74) is 1.76. The van der Waals surface area contributed by atoms with Gasteiger partial charge in [0.05, 0.1) is 38.1 Å². The van der Waals surface area contributed by atoms with Crippen molar-refractivity contribution >= 4 is 17.4 Å². The Labute approximate surface area is 185 Å². The molecule has 1 saturated heterocycles. The maximum atomic E-state index is 13.1. The second-order valence-corrected chi connectivity index (χ2v) is 7.25. The molecule has 7 nitrogen and oxygen atoms in total. The Morgan fingerprint density at radius 3 is 2.12 bits per heavy atom. The molecule has 0 spiro atoms. The number of nitrogens with zero attached hydrogens (tertiary/aromatic N) is 2. The molecule has 1 unspecified atom stereocenters.